The molecule has 2 amide bonds. The zero-order chi connectivity index (χ0) is 20.2. The van der Waals surface area contributed by atoms with Crippen LogP contribution in [0.3, 0.4) is 0 Å². The number of fused-ring (bicyclic) bond motifs is 1. The average molecular weight is 409 g/mol. The van der Waals surface area contributed by atoms with Crippen LogP contribution in [0.5, 0.6) is 0 Å². The van der Waals surface area contributed by atoms with Gasteiger partial charge >= 0.3 is 0 Å². The Morgan fingerprint density at radius 3 is 2.66 bits per heavy atom. The number of hydrogen-bond acceptors (Lipinski definition) is 4. The normalized spacial score (nSPS) is 18.4. The number of aryl methyl sites for hydroxylation is 1. The summed E-state index contributed by atoms with van der Waals surface area (Å²) in [5.41, 5.74) is 3.76. The molecule has 0 radical (unpaired) electrons. The van der Waals surface area contributed by atoms with Crippen molar-refractivity contribution in [1.29, 1.82) is 0 Å². The largest absolute Gasteiger partial charge is 0.496 e. The van der Waals surface area contributed by atoms with Gasteiger partial charge in [-0.05, 0) is 61.6 Å². The van der Waals surface area contributed by atoms with E-state index in [0.29, 0.717) is 28.5 Å². The quantitative estimate of drug-likeness (QED) is 0.786. The van der Waals surface area contributed by atoms with Gasteiger partial charge in [-0.3, -0.25) is 9.59 Å². The minimum absolute atomic E-state index is 0.0464. The molecule has 0 saturated heterocycles. The van der Waals surface area contributed by atoms with Gasteiger partial charge in [-0.1, -0.05) is 24.3 Å². The number of amides is 2. The maximum atomic E-state index is 12.7. The second-order valence-electron chi connectivity index (χ2n) is 7.23. The molecule has 0 saturated carbocycles. The van der Waals surface area contributed by atoms with Crippen LogP contribution in [-0.4, -0.2) is 24.2 Å². The molecular formula is C23H24N2O3S. The number of hydrogen-bond donors (Lipinski definition) is 2. The molecule has 2 N–H and O–H groups in total. The van der Waals surface area contributed by atoms with E-state index in [1.807, 2.05) is 12.1 Å². The summed E-state index contributed by atoms with van der Waals surface area (Å²) < 4.78 is 5.44. The first kappa shape index (κ1) is 19.6. The van der Waals surface area contributed by atoms with Crippen LogP contribution in [0.1, 0.15) is 47.3 Å². The lowest BCUT2D eigenvalue weighted by Crippen LogP contribution is -2.30. The van der Waals surface area contributed by atoms with Crippen molar-refractivity contribution in [3.8, 4) is 0 Å². The number of nitrogens with one attached hydrogen (secondary N) is 2. The minimum Gasteiger partial charge on any atom is -0.496 e. The maximum absolute atomic E-state index is 12.7. The SMILES string of the molecule is CC1=C(C(=O)Nc2ccc(C(=O)NC3CCCc4ccccc43)cc2)SCCO1. The number of carbonyl (C=O) groups is 2. The van der Waals surface area contributed by atoms with E-state index in [2.05, 4.69) is 22.8 Å². The van der Waals surface area contributed by atoms with Crippen LogP contribution in [0.25, 0.3) is 0 Å². The Hall–Kier alpha value is -2.73. The second-order valence-corrected chi connectivity index (χ2v) is 8.34. The van der Waals surface area contributed by atoms with Crippen molar-refractivity contribution in [2.75, 3.05) is 17.7 Å². The molecule has 1 atom stereocenters. The van der Waals surface area contributed by atoms with Crippen molar-refractivity contribution >= 4 is 29.3 Å². The van der Waals surface area contributed by atoms with Crippen LogP contribution in [0.15, 0.2) is 59.2 Å². The van der Waals surface area contributed by atoms with E-state index in [1.54, 1.807) is 31.2 Å². The predicted molar refractivity (Wildman–Crippen MR) is 116 cm³/mol. The molecule has 150 valence electrons. The number of ether oxygens (including phenoxy) is 1. The van der Waals surface area contributed by atoms with Gasteiger partial charge in [0.25, 0.3) is 11.8 Å². The van der Waals surface area contributed by atoms with Gasteiger partial charge in [-0.25, -0.2) is 0 Å². The van der Waals surface area contributed by atoms with Crippen LogP contribution in [0.2, 0.25) is 0 Å². The Morgan fingerprint density at radius 1 is 1.07 bits per heavy atom. The molecule has 1 aliphatic carbocycles. The summed E-state index contributed by atoms with van der Waals surface area (Å²) in [6.07, 6.45) is 3.09. The van der Waals surface area contributed by atoms with Crippen molar-refractivity contribution in [1.82, 2.24) is 5.32 Å². The van der Waals surface area contributed by atoms with Crippen molar-refractivity contribution in [2.45, 2.75) is 32.2 Å². The molecule has 0 aromatic heterocycles. The first-order chi connectivity index (χ1) is 14.1. The summed E-state index contributed by atoms with van der Waals surface area (Å²) in [6.45, 7) is 2.43. The fourth-order valence-electron chi connectivity index (χ4n) is 3.77. The lowest BCUT2D eigenvalue weighted by atomic mass is 9.87. The Bertz CT molecular complexity index is 953. The predicted octanol–water partition coefficient (Wildman–Crippen LogP) is 4.43. The fourth-order valence-corrected chi connectivity index (χ4v) is 4.58. The molecule has 2 aromatic carbocycles. The molecule has 1 aliphatic heterocycles. The van der Waals surface area contributed by atoms with Gasteiger partial charge in [0.15, 0.2) is 0 Å². The second kappa shape index (κ2) is 8.74. The topological polar surface area (TPSA) is 67.4 Å². The van der Waals surface area contributed by atoms with Gasteiger partial charge < -0.3 is 15.4 Å². The number of thioether (sulfide) groups is 1. The number of allylic oxidation sites excluding steroid dienone is 1. The van der Waals surface area contributed by atoms with E-state index >= 15 is 0 Å². The lowest BCUT2D eigenvalue weighted by molar-refractivity contribution is -0.112. The van der Waals surface area contributed by atoms with Gasteiger partial charge in [0, 0.05) is 17.0 Å². The van der Waals surface area contributed by atoms with E-state index in [4.69, 9.17) is 4.74 Å². The first-order valence-corrected chi connectivity index (χ1v) is 10.9. The lowest BCUT2D eigenvalue weighted by Gasteiger charge is -2.26. The molecule has 0 fully saturated rings. The van der Waals surface area contributed by atoms with E-state index < -0.39 is 0 Å². The van der Waals surface area contributed by atoms with Gasteiger partial charge in [0.05, 0.1) is 12.6 Å². The zero-order valence-electron chi connectivity index (χ0n) is 16.4. The molecule has 5 nitrogen and oxygen atoms in total. The minimum atomic E-state index is -0.178. The Morgan fingerprint density at radius 2 is 1.86 bits per heavy atom. The smallest absolute Gasteiger partial charge is 0.265 e. The van der Waals surface area contributed by atoms with Crippen molar-refractivity contribution in [3.05, 3.63) is 75.9 Å². The van der Waals surface area contributed by atoms with Crippen molar-refractivity contribution in [2.24, 2.45) is 0 Å². The van der Waals surface area contributed by atoms with Crippen LogP contribution in [0, 0.1) is 0 Å². The highest BCUT2D eigenvalue weighted by molar-refractivity contribution is 8.04. The zero-order valence-corrected chi connectivity index (χ0v) is 17.2. The third-order valence-corrected chi connectivity index (χ3v) is 6.39. The summed E-state index contributed by atoms with van der Waals surface area (Å²) in [6, 6.07) is 15.3. The van der Waals surface area contributed by atoms with Gasteiger partial charge in [-0.15, -0.1) is 11.8 Å². The summed E-state index contributed by atoms with van der Waals surface area (Å²) in [5.74, 6) is 1.15. The molecule has 1 heterocycles. The van der Waals surface area contributed by atoms with E-state index in [0.717, 1.165) is 25.0 Å². The number of anilines is 1. The van der Waals surface area contributed by atoms with Crippen LogP contribution < -0.4 is 10.6 Å². The molecule has 4 rings (SSSR count). The highest BCUT2D eigenvalue weighted by Gasteiger charge is 2.22. The maximum Gasteiger partial charge on any atom is 0.265 e. The Balaban J connectivity index is 1.40. The number of rotatable bonds is 4. The first-order valence-electron chi connectivity index (χ1n) is 9.88. The molecule has 2 aromatic rings. The van der Waals surface area contributed by atoms with E-state index in [9.17, 15) is 9.59 Å². The number of benzene rings is 2. The van der Waals surface area contributed by atoms with Crippen LogP contribution in [-0.2, 0) is 16.0 Å². The number of carbonyl (C=O) groups excluding carboxylic acids is 2. The molecule has 2 aliphatic rings. The summed E-state index contributed by atoms with van der Waals surface area (Å²) in [5, 5.41) is 6.03. The Labute approximate surface area is 174 Å². The van der Waals surface area contributed by atoms with Crippen LogP contribution in [0.4, 0.5) is 5.69 Å². The van der Waals surface area contributed by atoms with Crippen molar-refractivity contribution < 1.29 is 14.3 Å². The highest BCUT2D eigenvalue weighted by Crippen LogP contribution is 2.30. The summed E-state index contributed by atoms with van der Waals surface area (Å²) in [4.78, 5) is 25.8. The fraction of sp³-hybridized carbons (Fsp3) is 0.304. The Kier molecular flexibility index (Phi) is 5.90. The molecule has 0 bridgehead atoms. The van der Waals surface area contributed by atoms with E-state index in [-0.39, 0.29) is 17.9 Å². The molecule has 29 heavy (non-hydrogen) atoms. The van der Waals surface area contributed by atoms with Gasteiger partial charge in [0.1, 0.15) is 10.7 Å². The van der Waals surface area contributed by atoms with Gasteiger partial charge in [-0.2, -0.15) is 0 Å². The summed E-state index contributed by atoms with van der Waals surface area (Å²) >= 11 is 1.50. The third-order valence-electron chi connectivity index (χ3n) is 5.25. The highest BCUT2D eigenvalue weighted by atomic mass is 32.2. The third kappa shape index (κ3) is 4.48. The average Bonchev–Trinajstić information content (AvgIpc) is 2.75. The molecule has 1 unspecified atom stereocenters. The standard InChI is InChI=1S/C23H24N2O3S/c1-15-21(29-14-13-28-15)23(27)24-18-11-9-17(10-12-18)22(26)25-20-8-4-6-16-5-2-3-7-19(16)20/h2-3,5,7,9-12,20H,4,6,8,13-14H2,1H3,(H,24,27)(H,25,26). The van der Waals surface area contributed by atoms with E-state index in [1.165, 1.54) is 22.9 Å². The molecular weight excluding hydrogens is 384 g/mol. The van der Waals surface area contributed by atoms with Gasteiger partial charge in [0.2, 0.25) is 0 Å². The monoisotopic (exact) mass is 408 g/mol. The van der Waals surface area contributed by atoms with Crippen molar-refractivity contribution in [3.63, 3.8) is 0 Å². The summed E-state index contributed by atoms with van der Waals surface area (Å²) in [7, 11) is 0. The molecule has 6 heteroatoms. The van der Waals surface area contributed by atoms with Crippen LogP contribution >= 0.6 is 11.8 Å². The molecule has 0 spiro atoms.